The lowest BCUT2D eigenvalue weighted by Gasteiger charge is -2.15. The standard InChI is InChI=1S/C13H12F2N4OS/c14-13(15)7-1-6(2-8(7)13)18-11(20)10-4-21-12(19-10)9-3-16-5-17-9/h3-8H,1-2H2,(H,16,17)(H,18,20). The molecule has 0 aromatic carbocycles. The smallest absolute Gasteiger partial charge is 0.270 e. The van der Waals surface area contributed by atoms with E-state index in [2.05, 4.69) is 20.3 Å². The van der Waals surface area contributed by atoms with Crippen LogP contribution in [0, 0.1) is 11.8 Å². The zero-order valence-corrected chi connectivity index (χ0v) is 11.7. The fraction of sp³-hybridized carbons (Fsp3) is 0.462. The molecular formula is C13H12F2N4OS. The Morgan fingerprint density at radius 2 is 2.19 bits per heavy atom. The van der Waals surface area contributed by atoms with Gasteiger partial charge in [-0.2, -0.15) is 0 Å². The summed E-state index contributed by atoms with van der Waals surface area (Å²) in [6, 6.07) is -0.163. The first-order valence-electron chi connectivity index (χ1n) is 6.68. The number of nitrogens with zero attached hydrogens (tertiary/aromatic N) is 2. The largest absolute Gasteiger partial charge is 0.348 e. The minimum Gasteiger partial charge on any atom is -0.348 e. The van der Waals surface area contributed by atoms with Crippen LogP contribution in [0.15, 0.2) is 17.9 Å². The highest BCUT2D eigenvalue weighted by molar-refractivity contribution is 7.13. The van der Waals surface area contributed by atoms with Gasteiger partial charge < -0.3 is 10.3 Å². The fourth-order valence-electron chi connectivity index (χ4n) is 3.06. The third-order valence-electron chi connectivity index (χ3n) is 4.24. The van der Waals surface area contributed by atoms with Gasteiger partial charge in [0.2, 0.25) is 0 Å². The third-order valence-corrected chi connectivity index (χ3v) is 5.12. The van der Waals surface area contributed by atoms with Gasteiger partial charge in [-0.3, -0.25) is 4.79 Å². The van der Waals surface area contributed by atoms with Crippen molar-refractivity contribution in [2.24, 2.45) is 11.8 Å². The average Bonchev–Trinajstić information content (AvgIpc) is 3.06. The van der Waals surface area contributed by atoms with Crippen molar-refractivity contribution in [2.75, 3.05) is 0 Å². The lowest BCUT2D eigenvalue weighted by atomic mass is 10.1. The minimum absolute atomic E-state index is 0.163. The van der Waals surface area contributed by atoms with E-state index < -0.39 is 17.8 Å². The number of aromatic nitrogens is 3. The molecule has 2 aliphatic rings. The Kier molecular flexibility index (Phi) is 2.66. The highest BCUT2D eigenvalue weighted by Crippen LogP contribution is 2.63. The molecule has 2 aromatic heterocycles. The van der Waals surface area contributed by atoms with Crippen molar-refractivity contribution in [1.29, 1.82) is 0 Å². The SMILES string of the molecule is O=C(NC1CC2C(C1)C2(F)F)c1csc(-c2cnc[nH]2)n1. The molecule has 2 aliphatic carbocycles. The van der Waals surface area contributed by atoms with E-state index in [1.807, 2.05) is 0 Å². The second-order valence-corrected chi connectivity index (χ2v) is 6.39. The van der Waals surface area contributed by atoms with Crippen LogP contribution in [0.25, 0.3) is 10.7 Å². The van der Waals surface area contributed by atoms with Gasteiger partial charge in [0, 0.05) is 23.3 Å². The van der Waals surface area contributed by atoms with Crippen molar-refractivity contribution >= 4 is 17.2 Å². The molecule has 0 aliphatic heterocycles. The molecule has 110 valence electrons. The van der Waals surface area contributed by atoms with Crippen LogP contribution in [-0.4, -0.2) is 32.8 Å². The Labute approximate surface area is 122 Å². The summed E-state index contributed by atoms with van der Waals surface area (Å²) in [5.41, 5.74) is 1.07. The summed E-state index contributed by atoms with van der Waals surface area (Å²) < 4.78 is 26.2. The monoisotopic (exact) mass is 310 g/mol. The van der Waals surface area contributed by atoms with Crippen molar-refractivity contribution in [3.8, 4) is 10.7 Å². The number of nitrogens with one attached hydrogen (secondary N) is 2. The van der Waals surface area contributed by atoms with E-state index in [4.69, 9.17) is 0 Å². The van der Waals surface area contributed by atoms with Crippen LogP contribution in [0.2, 0.25) is 0 Å². The molecule has 0 bridgehead atoms. The average molecular weight is 310 g/mol. The number of hydrogen-bond donors (Lipinski definition) is 2. The second kappa shape index (κ2) is 4.33. The van der Waals surface area contributed by atoms with Gasteiger partial charge in [0.15, 0.2) is 0 Å². The Morgan fingerprint density at radius 1 is 1.43 bits per heavy atom. The van der Waals surface area contributed by atoms with Crippen molar-refractivity contribution in [3.63, 3.8) is 0 Å². The Morgan fingerprint density at radius 3 is 2.86 bits per heavy atom. The van der Waals surface area contributed by atoms with Gasteiger partial charge in [0.05, 0.1) is 18.2 Å². The number of aromatic amines is 1. The van der Waals surface area contributed by atoms with Gasteiger partial charge in [-0.25, -0.2) is 18.7 Å². The number of alkyl halides is 2. The van der Waals surface area contributed by atoms with Crippen LogP contribution >= 0.6 is 11.3 Å². The fourth-order valence-corrected chi connectivity index (χ4v) is 3.84. The molecule has 2 atom stereocenters. The summed E-state index contributed by atoms with van der Waals surface area (Å²) >= 11 is 1.34. The Hall–Kier alpha value is -1.83. The molecule has 4 rings (SSSR count). The van der Waals surface area contributed by atoms with E-state index in [1.54, 1.807) is 17.9 Å². The lowest BCUT2D eigenvalue weighted by Crippen LogP contribution is -2.35. The Balaban J connectivity index is 1.40. The Bertz CT molecular complexity index is 670. The molecule has 2 heterocycles. The first-order valence-corrected chi connectivity index (χ1v) is 7.56. The summed E-state index contributed by atoms with van der Waals surface area (Å²) in [5.74, 6) is -3.89. The maximum atomic E-state index is 13.1. The highest BCUT2D eigenvalue weighted by atomic mass is 32.1. The molecule has 2 fully saturated rings. The van der Waals surface area contributed by atoms with Crippen molar-refractivity contribution < 1.29 is 13.6 Å². The number of halogens is 2. The van der Waals surface area contributed by atoms with Crippen LogP contribution in [0.4, 0.5) is 8.78 Å². The van der Waals surface area contributed by atoms with Gasteiger partial charge in [-0.05, 0) is 12.8 Å². The number of carbonyl (C=O) groups excluding carboxylic acids is 1. The number of carbonyl (C=O) groups is 1. The van der Waals surface area contributed by atoms with Crippen LogP contribution in [-0.2, 0) is 0 Å². The number of hydrogen-bond acceptors (Lipinski definition) is 4. The first-order chi connectivity index (χ1) is 10.1. The third kappa shape index (κ3) is 2.05. The van der Waals surface area contributed by atoms with E-state index in [-0.39, 0.29) is 11.9 Å². The van der Waals surface area contributed by atoms with Gasteiger partial charge in [-0.1, -0.05) is 0 Å². The number of thiazole rings is 1. The molecule has 8 heteroatoms. The van der Waals surface area contributed by atoms with E-state index in [9.17, 15) is 13.6 Å². The predicted octanol–water partition coefficient (Wildman–Crippen LogP) is 2.31. The number of rotatable bonds is 3. The van der Waals surface area contributed by atoms with E-state index in [0.717, 1.165) is 5.69 Å². The van der Waals surface area contributed by atoms with Crippen LogP contribution in [0.5, 0.6) is 0 Å². The van der Waals surface area contributed by atoms with Crippen molar-refractivity contribution in [1.82, 2.24) is 20.3 Å². The van der Waals surface area contributed by atoms with E-state index in [0.29, 0.717) is 23.5 Å². The molecule has 2 saturated carbocycles. The van der Waals surface area contributed by atoms with E-state index in [1.165, 1.54) is 11.3 Å². The topological polar surface area (TPSA) is 70.7 Å². The number of H-pyrrole nitrogens is 1. The maximum Gasteiger partial charge on any atom is 0.270 e. The molecule has 21 heavy (non-hydrogen) atoms. The molecule has 2 aromatic rings. The second-order valence-electron chi connectivity index (χ2n) is 5.53. The molecule has 0 saturated heterocycles. The first kappa shape index (κ1) is 12.9. The van der Waals surface area contributed by atoms with Crippen LogP contribution < -0.4 is 5.32 Å². The number of fused-ring (bicyclic) bond motifs is 1. The summed E-state index contributed by atoms with van der Waals surface area (Å²) in [6.45, 7) is 0. The van der Waals surface area contributed by atoms with E-state index >= 15 is 0 Å². The van der Waals surface area contributed by atoms with Crippen LogP contribution in [0.3, 0.4) is 0 Å². The van der Waals surface area contributed by atoms with Crippen molar-refractivity contribution in [3.05, 3.63) is 23.6 Å². The normalized spacial score (nSPS) is 29.1. The summed E-state index contributed by atoms with van der Waals surface area (Å²) in [5, 5.41) is 5.14. The molecule has 2 N–H and O–H groups in total. The maximum absolute atomic E-state index is 13.1. The summed E-state index contributed by atoms with van der Waals surface area (Å²) in [6.07, 6.45) is 3.90. The van der Waals surface area contributed by atoms with Gasteiger partial charge in [-0.15, -0.1) is 11.3 Å². The molecule has 2 unspecified atom stereocenters. The minimum atomic E-state index is -2.50. The number of amides is 1. The zero-order valence-electron chi connectivity index (χ0n) is 10.8. The van der Waals surface area contributed by atoms with Gasteiger partial charge in [0.25, 0.3) is 11.8 Å². The lowest BCUT2D eigenvalue weighted by molar-refractivity contribution is 0.0648. The molecule has 0 radical (unpaired) electrons. The molecule has 0 spiro atoms. The zero-order chi connectivity index (χ0) is 14.6. The number of imidazole rings is 1. The predicted molar refractivity (Wildman–Crippen MR) is 72.1 cm³/mol. The van der Waals surface area contributed by atoms with Crippen LogP contribution in [0.1, 0.15) is 23.3 Å². The summed E-state index contributed by atoms with van der Waals surface area (Å²) in [4.78, 5) is 23.2. The molecule has 5 nitrogen and oxygen atoms in total. The van der Waals surface area contributed by atoms with Gasteiger partial charge in [0.1, 0.15) is 10.7 Å². The van der Waals surface area contributed by atoms with Gasteiger partial charge >= 0.3 is 0 Å². The molecular weight excluding hydrogens is 298 g/mol. The quantitative estimate of drug-likeness (QED) is 0.914. The highest BCUT2D eigenvalue weighted by Gasteiger charge is 2.71. The summed E-state index contributed by atoms with van der Waals surface area (Å²) in [7, 11) is 0. The molecule has 1 amide bonds. The van der Waals surface area contributed by atoms with Crippen molar-refractivity contribution in [2.45, 2.75) is 24.8 Å².